The maximum atomic E-state index is 12.6. The first-order valence-electron chi connectivity index (χ1n) is 10.6. The topological polar surface area (TPSA) is 76.1 Å². The van der Waals surface area contributed by atoms with Crippen LogP contribution in [0.15, 0.2) is 72.1 Å². The van der Waals surface area contributed by atoms with Crippen molar-refractivity contribution in [3.63, 3.8) is 0 Å². The molecular weight excluding hydrogens is 410 g/mol. The zero-order valence-corrected chi connectivity index (χ0v) is 18.4. The Morgan fingerprint density at radius 2 is 1.91 bits per heavy atom. The Balaban J connectivity index is 1.64. The zero-order chi connectivity index (χ0) is 22.6. The second-order valence-corrected chi connectivity index (χ2v) is 7.93. The van der Waals surface area contributed by atoms with Crippen molar-refractivity contribution in [1.29, 1.82) is 0 Å². The molecule has 0 aliphatic carbocycles. The normalized spacial score (nSPS) is 25.4. The van der Waals surface area contributed by atoms with Gasteiger partial charge in [0.05, 0.1) is 24.5 Å². The van der Waals surface area contributed by atoms with Gasteiger partial charge in [-0.2, -0.15) is 0 Å². The minimum absolute atomic E-state index is 0.252. The predicted octanol–water partition coefficient (Wildman–Crippen LogP) is 4.01. The highest BCUT2D eigenvalue weighted by Gasteiger charge is 2.54. The highest BCUT2D eigenvalue weighted by molar-refractivity contribution is 5.96. The molecule has 2 aromatic rings. The molecular formula is C25H27NO6. The first kappa shape index (κ1) is 22.2. The average molecular weight is 437 g/mol. The van der Waals surface area contributed by atoms with Crippen LogP contribution in [0.2, 0.25) is 0 Å². The van der Waals surface area contributed by atoms with Crippen molar-refractivity contribution in [2.75, 3.05) is 6.61 Å². The highest BCUT2D eigenvalue weighted by atomic mass is 16.8. The molecule has 7 nitrogen and oxygen atoms in total. The number of pyridine rings is 1. The van der Waals surface area contributed by atoms with Crippen molar-refractivity contribution in [2.45, 2.75) is 51.7 Å². The Bertz CT molecular complexity index is 986. The molecule has 0 radical (unpaired) electrons. The summed E-state index contributed by atoms with van der Waals surface area (Å²) in [6.07, 6.45) is 3.30. The molecule has 2 saturated heterocycles. The molecule has 4 rings (SSSR count). The number of carbonyl (C=O) groups excluding carboxylic acids is 1. The molecule has 0 amide bonds. The van der Waals surface area contributed by atoms with E-state index in [1.165, 1.54) is 0 Å². The molecule has 2 aliphatic heterocycles. The first-order chi connectivity index (χ1) is 15.4. The maximum absolute atomic E-state index is 12.6. The van der Waals surface area contributed by atoms with E-state index < -0.39 is 30.3 Å². The summed E-state index contributed by atoms with van der Waals surface area (Å²) in [5, 5.41) is 0. The van der Waals surface area contributed by atoms with Crippen LogP contribution in [0.25, 0.3) is 6.08 Å². The van der Waals surface area contributed by atoms with Crippen molar-refractivity contribution in [3.8, 4) is 0 Å². The van der Waals surface area contributed by atoms with Crippen LogP contribution in [-0.2, 0) is 35.1 Å². The number of ether oxygens (including phenoxy) is 5. The number of esters is 1. The van der Waals surface area contributed by atoms with E-state index >= 15 is 0 Å². The van der Waals surface area contributed by atoms with Gasteiger partial charge in [-0.1, -0.05) is 36.4 Å². The van der Waals surface area contributed by atoms with Gasteiger partial charge < -0.3 is 23.7 Å². The SMILES string of the molecule is CCOC(=O)C(/C=C1\O[C@@H]2OC(C)(C)O[C@@H]2[C@H]1OCc1ccccc1)=C/c1ccccn1. The smallest absolute Gasteiger partial charge is 0.338 e. The second-order valence-electron chi connectivity index (χ2n) is 7.93. The van der Waals surface area contributed by atoms with Crippen LogP contribution in [0.4, 0.5) is 0 Å². The third-order valence-corrected chi connectivity index (χ3v) is 4.99. The average Bonchev–Trinajstić information content (AvgIpc) is 3.24. The number of hydrogen-bond donors (Lipinski definition) is 0. The summed E-state index contributed by atoms with van der Waals surface area (Å²) >= 11 is 0. The van der Waals surface area contributed by atoms with Gasteiger partial charge in [0.15, 0.2) is 11.9 Å². The third-order valence-electron chi connectivity index (χ3n) is 4.99. The standard InChI is InChI=1S/C25H27NO6/c1-4-28-23(27)18(14-19-12-8-9-13-26-19)15-20-21(29-16-17-10-6-5-7-11-17)22-24(30-20)32-25(2,3)31-22/h5-15,21-22,24H,4,16H2,1-3H3/b18-14+,20-15-/t21-,22+,24+/m0/s1. The Morgan fingerprint density at radius 1 is 1.12 bits per heavy atom. The maximum Gasteiger partial charge on any atom is 0.338 e. The minimum atomic E-state index is -0.789. The van der Waals surface area contributed by atoms with Crippen LogP contribution >= 0.6 is 0 Å². The van der Waals surface area contributed by atoms with Crippen LogP contribution < -0.4 is 0 Å². The van der Waals surface area contributed by atoms with Crippen LogP contribution in [0.5, 0.6) is 0 Å². The molecule has 0 saturated carbocycles. The minimum Gasteiger partial charge on any atom is -0.463 e. The molecule has 2 aliphatic rings. The molecule has 3 heterocycles. The lowest BCUT2D eigenvalue weighted by atomic mass is 10.1. The molecule has 0 bridgehead atoms. The molecule has 1 aromatic heterocycles. The number of rotatable bonds is 7. The number of aromatic nitrogens is 1. The van der Waals surface area contributed by atoms with E-state index in [0.717, 1.165) is 5.56 Å². The van der Waals surface area contributed by atoms with Crippen molar-refractivity contribution in [2.24, 2.45) is 0 Å². The molecule has 0 unspecified atom stereocenters. The van der Waals surface area contributed by atoms with Gasteiger partial charge in [0.1, 0.15) is 11.9 Å². The summed E-state index contributed by atoms with van der Waals surface area (Å²) in [6.45, 7) is 6.03. The number of nitrogens with zero attached hydrogens (tertiary/aromatic N) is 1. The number of carbonyl (C=O) groups is 1. The van der Waals surface area contributed by atoms with Gasteiger partial charge in [0.25, 0.3) is 0 Å². The van der Waals surface area contributed by atoms with Gasteiger partial charge in [-0.25, -0.2) is 4.79 Å². The molecule has 168 valence electrons. The number of benzene rings is 1. The summed E-state index contributed by atoms with van der Waals surface area (Å²) in [5.74, 6) is -0.819. The van der Waals surface area contributed by atoms with Crippen LogP contribution in [0.3, 0.4) is 0 Å². The van der Waals surface area contributed by atoms with Crippen molar-refractivity contribution in [1.82, 2.24) is 4.98 Å². The molecule has 7 heteroatoms. The van der Waals surface area contributed by atoms with E-state index in [-0.39, 0.29) is 6.61 Å². The fourth-order valence-corrected chi connectivity index (χ4v) is 3.62. The highest BCUT2D eigenvalue weighted by Crippen LogP contribution is 2.41. The summed E-state index contributed by atoms with van der Waals surface area (Å²) in [7, 11) is 0. The lowest BCUT2D eigenvalue weighted by Crippen LogP contribution is -2.31. The summed E-state index contributed by atoms with van der Waals surface area (Å²) in [5.41, 5.74) is 1.94. The molecule has 32 heavy (non-hydrogen) atoms. The van der Waals surface area contributed by atoms with Crippen molar-refractivity contribution >= 4 is 12.0 Å². The van der Waals surface area contributed by atoms with Gasteiger partial charge in [-0.3, -0.25) is 4.98 Å². The number of fused-ring (bicyclic) bond motifs is 1. The van der Waals surface area contributed by atoms with Crippen LogP contribution in [-0.4, -0.2) is 41.8 Å². The second kappa shape index (κ2) is 9.65. The zero-order valence-electron chi connectivity index (χ0n) is 18.4. The fourth-order valence-electron chi connectivity index (χ4n) is 3.62. The summed E-state index contributed by atoms with van der Waals surface area (Å²) in [4.78, 5) is 16.9. The Morgan fingerprint density at radius 3 is 2.62 bits per heavy atom. The van der Waals surface area contributed by atoms with E-state index in [0.29, 0.717) is 23.6 Å². The van der Waals surface area contributed by atoms with Crippen LogP contribution in [0.1, 0.15) is 32.0 Å². The van der Waals surface area contributed by atoms with E-state index in [9.17, 15) is 4.79 Å². The Kier molecular flexibility index (Phi) is 6.69. The third kappa shape index (κ3) is 5.24. The van der Waals surface area contributed by atoms with Gasteiger partial charge in [0, 0.05) is 6.20 Å². The molecule has 2 fully saturated rings. The van der Waals surface area contributed by atoms with Crippen LogP contribution in [0, 0.1) is 0 Å². The van der Waals surface area contributed by atoms with Gasteiger partial charge >= 0.3 is 5.97 Å². The first-order valence-corrected chi connectivity index (χ1v) is 10.6. The van der Waals surface area contributed by atoms with Gasteiger partial charge in [0.2, 0.25) is 6.29 Å². The molecule has 0 spiro atoms. The fraction of sp³-hybridized carbons (Fsp3) is 0.360. The van der Waals surface area contributed by atoms with E-state index in [1.54, 1.807) is 31.3 Å². The molecule has 0 N–H and O–H groups in total. The lowest BCUT2D eigenvalue weighted by Gasteiger charge is -2.22. The summed E-state index contributed by atoms with van der Waals surface area (Å²) in [6, 6.07) is 15.3. The Labute approximate surface area is 187 Å². The monoisotopic (exact) mass is 437 g/mol. The van der Waals surface area contributed by atoms with E-state index in [2.05, 4.69) is 4.98 Å². The Hall–Kier alpha value is -3.00. The van der Waals surface area contributed by atoms with Gasteiger partial charge in [-0.05, 0) is 50.6 Å². The van der Waals surface area contributed by atoms with Gasteiger partial charge in [-0.15, -0.1) is 0 Å². The molecule has 3 atom stereocenters. The molecule has 1 aromatic carbocycles. The quantitative estimate of drug-likeness (QED) is 0.479. The number of hydrogen-bond acceptors (Lipinski definition) is 7. The lowest BCUT2D eigenvalue weighted by molar-refractivity contribution is -0.191. The van der Waals surface area contributed by atoms with E-state index in [4.69, 9.17) is 23.7 Å². The van der Waals surface area contributed by atoms with E-state index in [1.807, 2.05) is 56.3 Å². The van der Waals surface area contributed by atoms with Crippen molar-refractivity contribution < 1.29 is 28.5 Å². The summed E-state index contributed by atoms with van der Waals surface area (Å²) < 4.78 is 29.4. The largest absolute Gasteiger partial charge is 0.463 e. The predicted molar refractivity (Wildman–Crippen MR) is 117 cm³/mol. The van der Waals surface area contributed by atoms with Crippen molar-refractivity contribution in [3.05, 3.63) is 83.4 Å².